The van der Waals surface area contributed by atoms with Crippen LogP contribution in [0.4, 0.5) is 0 Å². The SMILES string of the molecule is CSC(=C(C)C)c1ccc(O)cc1. The van der Waals surface area contributed by atoms with Crippen molar-refractivity contribution >= 4 is 16.7 Å². The predicted octanol–water partition coefficient (Wildman–Crippen LogP) is 3.51. The first-order valence-corrected chi connectivity index (χ1v) is 5.38. The second-order valence-electron chi connectivity index (χ2n) is 3.08. The van der Waals surface area contributed by atoms with Crippen LogP contribution in [-0.4, -0.2) is 11.4 Å². The minimum Gasteiger partial charge on any atom is -0.508 e. The summed E-state index contributed by atoms with van der Waals surface area (Å²) in [5.41, 5.74) is 2.48. The molecule has 0 amide bonds. The summed E-state index contributed by atoms with van der Waals surface area (Å²) in [5.74, 6) is 0.318. The third-order valence-electron chi connectivity index (χ3n) is 1.79. The molecule has 13 heavy (non-hydrogen) atoms. The van der Waals surface area contributed by atoms with E-state index in [2.05, 4.69) is 20.1 Å². The monoisotopic (exact) mass is 194 g/mol. The average Bonchev–Trinajstić information content (AvgIpc) is 2.09. The molecule has 0 aliphatic rings. The molecule has 0 unspecified atom stereocenters. The third-order valence-corrected chi connectivity index (χ3v) is 2.84. The molecule has 1 N–H and O–H groups in total. The Kier molecular flexibility index (Phi) is 3.43. The molecule has 0 fully saturated rings. The second kappa shape index (κ2) is 4.38. The van der Waals surface area contributed by atoms with Crippen LogP contribution in [0.25, 0.3) is 4.91 Å². The molecule has 1 nitrogen and oxygen atoms in total. The summed E-state index contributed by atoms with van der Waals surface area (Å²) < 4.78 is 0. The molecule has 0 spiro atoms. The molecular formula is C11H14OS. The van der Waals surface area contributed by atoms with E-state index in [1.165, 1.54) is 16.0 Å². The number of hydrogen-bond acceptors (Lipinski definition) is 2. The van der Waals surface area contributed by atoms with Crippen molar-refractivity contribution in [2.45, 2.75) is 13.8 Å². The number of allylic oxidation sites excluding steroid dienone is 1. The molecule has 70 valence electrons. The van der Waals surface area contributed by atoms with Gasteiger partial charge in [-0.1, -0.05) is 17.7 Å². The molecule has 0 atom stereocenters. The van der Waals surface area contributed by atoms with E-state index in [0.29, 0.717) is 5.75 Å². The molecule has 0 aliphatic carbocycles. The highest BCUT2D eigenvalue weighted by molar-refractivity contribution is 8.07. The zero-order valence-electron chi connectivity index (χ0n) is 8.16. The van der Waals surface area contributed by atoms with Crippen LogP contribution in [0.5, 0.6) is 5.75 Å². The molecule has 0 saturated carbocycles. The lowest BCUT2D eigenvalue weighted by Gasteiger charge is -2.06. The zero-order chi connectivity index (χ0) is 9.84. The molecule has 1 rings (SSSR count). The van der Waals surface area contributed by atoms with Crippen molar-refractivity contribution in [1.29, 1.82) is 0 Å². The van der Waals surface area contributed by atoms with E-state index in [9.17, 15) is 0 Å². The van der Waals surface area contributed by atoms with Gasteiger partial charge in [0.25, 0.3) is 0 Å². The molecule has 0 aliphatic heterocycles. The summed E-state index contributed by atoms with van der Waals surface area (Å²) in [6.07, 6.45) is 2.06. The fourth-order valence-corrected chi connectivity index (χ4v) is 2.00. The van der Waals surface area contributed by atoms with Crippen molar-refractivity contribution in [3.05, 3.63) is 35.4 Å². The number of rotatable bonds is 2. The van der Waals surface area contributed by atoms with Crippen molar-refractivity contribution in [1.82, 2.24) is 0 Å². The first kappa shape index (κ1) is 10.2. The molecule has 0 radical (unpaired) electrons. The van der Waals surface area contributed by atoms with Crippen molar-refractivity contribution in [3.8, 4) is 5.75 Å². The fourth-order valence-electron chi connectivity index (χ4n) is 1.22. The normalized spacial score (nSPS) is 9.77. The van der Waals surface area contributed by atoms with Crippen molar-refractivity contribution in [2.24, 2.45) is 0 Å². The van der Waals surface area contributed by atoms with Crippen LogP contribution in [0.1, 0.15) is 19.4 Å². The number of phenolic OH excluding ortho intramolecular Hbond substituents is 1. The smallest absolute Gasteiger partial charge is 0.115 e. The standard InChI is InChI=1S/C11H14OS/c1-8(2)11(13-3)9-4-6-10(12)7-5-9/h4-7,12H,1-3H3. The summed E-state index contributed by atoms with van der Waals surface area (Å²) >= 11 is 1.73. The summed E-state index contributed by atoms with van der Waals surface area (Å²) in [4.78, 5) is 1.28. The van der Waals surface area contributed by atoms with Gasteiger partial charge in [0, 0.05) is 4.91 Å². The quantitative estimate of drug-likeness (QED) is 0.777. The topological polar surface area (TPSA) is 20.2 Å². The highest BCUT2D eigenvalue weighted by Gasteiger charge is 2.01. The minimum absolute atomic E-state index is 0.318. The summed E-state index contributed by atoms with van der Waals surface area (Å²) in [6.45, 7) is 4.19. The van der Waals surface area contributed by atoms with Crippen LogP contribution in [0.15, 0.2) is 29.8 Å². The lowest BCUT2D eigenvalue weighted by Crippen LogP contribution is -1.81. The average molecular weight is 194 g/mol. The molecule has 0 heterocycles. The number of phenols is 1. The molecule has 1 aromatic rings. The lowest BCUT2D eigenvalue weighted by atomic mass is 10.1. The number of thioether (sulfide) groups is 1. The van der Waals surface area contributed by atoms with E-state index < -0.39 is 0 Å². The van der Waals surface area contributed by atoms with Gasteiger partial charge in [-0.3, -0.25) is 0 Å². The first-order valence-electron chi connectivity index (χ1n) is 4.16. The maximum absolute atomic E-state index is 9.13. The van der Waals surface area contributed by atoms with Crippen LogP contribution in [0.2, 0.25) is 0 Å². The van der Waals surface area contributed by atoms with Crippen molar-refractivity contribution in [3.63, 3.8) is 0 Å². The van der Waals surface area contributed by atoms with Gasteiger partial charge in [-0.15, -0.1) is 11.8 Å². The van der Waals surface area contributed by atoms with Crippen LogP contribution in [0.3, 0.4) is 0 Å². The number of aromatic hydroxyl groups is 1. The van der Waals surface area contributed by atoms with Gasteiger partial charge in [-0.05, 0) is 37.8 Å². The van der Waals surface area contributed by atoms with E-state index in [0.717, 1.165) is 0 Å². The second-order valence-corrected chi connectivity index (χ2v) is 3.90. The Morgan fingerprint density at radius 1 is 1.15 bits per heavy atom. The first-order chi connectivity index (χ1) is 6.15. The summed E-state index contributed by atoms with van der Waals surface area (Å²) in [5, 5.41) is 9.13. The van der Waals surface area contributed by atoms with Crippen LogP contribution in [0, 0.1) is 0 Å². The Morgan fingerprint density at radius 3 is 2.08 bits per heavy atom. The lowest BCUT2D eigenvalue weighted by molar-refractivity contribution is 0.475. The zero-order valence-corrected chi connectivity index (χ0v) is 8.98. The Morgan fingerprint density at radius 2 is 1.69 bits per heavy atom. The van der Waals surface area contributed by atoms with E-state index in [-0.39, 0.29) is 0 Å². The van der Waals surface area contributed by atoms with Crippen molar-refractivity contribution in [2.75, 3.05) is 6.26 Å². The summed E-state index contributed by atoms with van der Waals surface area (Å²) in [6, 6.07) is 7.31. The molecule has 0 aromatic heterocycles. The van der Waals surface area contributed by atoms with Crippen LogP contribution in [-0.2, 0) is 0 Å². The van der Waals surface area contributed by atoms with Crippen molar-refractivity contribution < 1.29 is 5.11 Å². The van der Waals surface area contributed by atoms with Gasteiger partial charge in [0.2, 0.25) is 0 Å². The molecule has 0 saturated heterocycles. The van der Waals surface area contributed by atoms with Crippen LogP contribution < -0.4 is 0 Å². The van der Waals surface area contributed by atoms with E-state index >= 15 is 0 Å². The fraction of sp³-hybridized carbons (Fsp3) is 0.273. The van der Waals surface area contributed by atoms with Crippen LogP contribution >= 0.6 is 11.8 Å². The van der Waals surface area contributed by atoms with Gasteiger partial charge in [0.05, 0.1) is 0 Å². The van der Waals surface area contributed by atoms with Gasteiger partial charge in [0.15, 0.2) is 0 Å². The summed E-state index contributed by atoms with van der Waals surface area (Å²) in [7, 11) is 0. The maximum Gasteiger partial charge on any atom is 0.115 e. The predicted molar refractivity (Wildman–Crippen MR) is 59.9 cm³/mol. The Balaban J connectivity index is 3.07. The van der Waals surface area contributed by atoms with Gasteiger partial charge < -0.3 is 5.11 Å². The highest BCUT2D eigenvalue weighted by atomic mass is 32.2. The molecule has 2 heteroatoms. The van der Waals surface area contributed by atoms with E-state index in [1.54, 1.807) is 23.9 Å². The largest absolute Gasteiger partial charge is 0.508 e. The number of hydrogen-bond donors (Lipinski definition) is 1. The van der Waals surface area contributed by atoms with Gasteiger partial charge in [-0.2, -0.15) is 0 Å². The Labute approximate surface area is 83.5 Å². The van der Waals surface area contributed by atoms with E-state index in [4.69, 9.17) is 5.11 Å². The van der Waals surface area contributed by atoms with Gasteiger partial charge >= 0.3 is 0 Å². The van der Waals surface area contributed by atoms with Gasteiger partial charge in [-0.25, -0.2) is 0 Å². The van der Waals surface area contributed by atoms with E-state index in [1.807, 2.05) is 12.1 Å². The number of benzene rings is 1. The highest BCUT2D eigenvalue weighted by Crippen LogP contribution is 2.29. The molecular weight excluding hydrogens is 180 g/mol. The maximum atomic E-state index is 9.13. The third kappa shape index (κ3) is 2.52. The minimum atomic E-state index is 0.318. The Bertz CT molecular complexity index is 307. The molecule has 0 bridgehead atoms. The molecule has 1 aromatic carbocycles. The van der Waals surface area contributed by atoms with Gasteiger partial charge in [0.1, 0.15) is 5.75 Å². The Hall–Kier alpha value is -0.890.